The van der Waals surface area contributed by atoms with Crippen LogP contribution in [0, 0.1) is 0 Å². The van der Waals surface area contributed by atoms with Crippen LogP contribution in [-0.2, 0) is 28.4 Å². The normalized spacial score (nSPS) is 18.5. The fourth-order valence-electron chi connectivity index (χ4n) is 2.12. The third-order valence-corrected chi connectivity index (χ3v) is 5.43. The Morgan fingerprint density at radius 1 is 0.500 bits per heavy atom. The van der Waals surface area contributed by atoms with Crippen molar-refractivity contribution in [2.24, 2.45) is 0 Å². The van der Waals surface area contributed by atoms with Crippen molar-refractivity contribution in [2.75, 3.05) is 39.6 Å². The molecule has 4 atom stereocenters. The van der Waals surface area contributed by atoms with Crippen molar-refractivity contribution in [3.05, 3.63) is 0 Å². The van der Waals surface area contributed by atoms with E-state index in [-0.39, 0.29) is 6.61 Å². The largest absolute Gasteiger partial charge is 0.462 e. The summed E-state index contributed by atoms with van der Waals surface area (Å²) in [6.07, 6.45) is -62.8. The molecule has 0 saturated carbocycles. The van der Waals surface area contributed by atoms with E-state index in [1.807, 2.05) is 0 Å². The maximum atomic E-state index is 13.1. The molecule has 0 aromatic heterocycles. The van der Waals surface area contributed by atoms with Crippen LogP contribution in [-0.4, -0.2) is 148 Å². The molecule has 364 valence electrons. The highest BCUT2D eigenvalue weighted by Crippen LogP contribution is 2.50. The smallest absolute Gasteiger partial charge is 0.390 e. The van der Waals surface area contributed by atoms with Crippen LogP contribution in [0.5, 0.6) is 0 Å². The minimum absolute atomic E-state index is 0.0454. The molecule has 1 fully saturated rings. The second-order valence-electron chi connectivity index (χ2n) is 10.5. The van der Waals surface area contributed by atoms with Crippen molar-refractivity contribution in [2.45, 2.75) is 97.8 Å². The monoisotopic (exact) mass is 980 g/mol. The first-order valence-corrected chi connectivity index (χ1v) is 13.7. The SMILES string of the molecule is FC(OC(F)(F)C(F)(F)C(F)(F)F)C(F)(F)OCC1CO1.OC(COCC(F)(F)C(F)(F)F)COC(F)(F)C(F)OC(F)(F)C(F)(F)C(F)(F)F.OCC(F)(F)C(F)(F)F. The molecule has 1 rings (SSSR count). The first-order valence-electron chi connectivity index (χ1n) is 13.7. The molecule has 60 heavy (non-hydrogen) atoms. The van der Waals surface area contributed by atoms with Crippen LogP contribution in [0.3, 0.4) is 0 Å². The number of hydrogen-bond donors (Lipinski definition) is 2. The molecule has 0 spiro atoms. The summed E-state index contributed by atoms with van der Waals surface area (Å²) in [7, 11) is 0. The predicted molar refractivity (Wildman–Crippen MR) is 121 cm³/mol. The highest BCUT2D eigenvalue weighted by atomic mass is 19.5. The Hall–Kier alpha value is -2.42. The van der Waals surface area contributed by atoms with Crippen LogP contribution >= 0.6 is 0 Å². The first kappa shape index (κ1) is 59.7. The molecule has 0 amide bonds. The first-order chi connectivity index (χ1) is 26.0. The number of hydrogen-bond acceptors (Lipinski definition) is 8. The summed E-state index contributed by atoms with van der Waals surface area (Å²) < 4.78 is 382. The Balaban J connectivity index is 0. The summed E-state index contributed by atoms with van der Waals surface area (Å²) >= 11 is 0. The van der Waals surface area contributed by atoms with E-state index in [1.165, 1.54) is 0 Å². The molecule has 4 unspecified atom stereocenters. The molecule has 1 aliphatic heterocycles. The minimum atomic E-state index is -7.11. The quantitative estimate of drug-likeness (QED) is 0.0983. The van der Waals surface area contributed by atoms with Crippen molar-refractivity contribution in [1.82, 2.24) is 0 Å². The van der Waals surface area contributed by atoms with E-state index < -0.39 is 131 Å². The number of aliphatic hydroxyl groups is 2. The van der Waals surface area contributed by atoms with Gasteiger partial charge in [-0.05, 0) is 0 Å². The molecular formula is C22H18F30O8. The van der Waals surface area contributed by atoms with Gasteiger partial charge >= 0.3 is 72.8 Å². The maximum Gasteiger partial charge on any atom is 0.462 e. The number of alkyl halides is 30. The summed E-state index contributed by atoms with van der Waals surface area (Å²) in [6, 6.07) is 0. The highest BCUT2D eigenvalue weighted by molar-refractivity contribution is 4.87. The van der Waals surface area contributed by atoms with E-state index >= 15 is 0 Å². The van der Waals surface area contributed by atoms with Gasteiger partial charge in [0.15, 0.2) is 0 Å². The molecule has 1 saturated heterocycles. The van der Waals surface area contributed by atoms with Crippen LogP contribution < -0.4 is 0 Å². The lowest BCUT2D eigenvalue weighted by atomic mass is 10.3. The van der Waals surface area contributed by atoms with E-state index in [2.05, 4.69) is 28.4 Å². The van der Waals surface area contributed by atoms with E-state index in [0.29, 0.717) is 0 Å². The number of rotatable bonds is 19. The van der Waals surface area contributed by atoms with Gasteiger partial charge < -0.3 is 29.2 Å². The summed E-state index contributed by atoms with van der Waals surface area (Å²) in [4.78, 5) is 0. The lowest BCUT2D eigenvalue weighted by Crippen LogP contribution is -2.56. The summed E-state index contributed by atoms with van der Waals surface area (Å²) in [5.74, 6) is -24.4. The average molecular weight is 980 g/mol. The Kier molecular flexibility index (Phi) is 19.8. The second kappa shape index (κ2) is 20.0. The van der Waals surface area contributed by atoms with Crippen LogP contribution in [0.25, 0.3) is 0 Å². The van der Waals surface area contributed by atoms with Gasteiger partial charge in [0.25, 0.3) is 12.7 Å². The fourth-order valence-corrected chi connectivity index (χ4v) is 2.12. The van der Waals surface area contributed by atoms with Gasteiger partial charge in [0, 0.05) is 0 Å². The van der Waals surface area contributed by atoms with Crippen molar-refractivity contribution in [3.8, 4) is 0 Å². The maximum absolute atomic E-state index is 13.1. The molecule has 0 aliphatic carbocycles. The lowest BCUT2D eigenvalue weighted by Gasteiger charge is -2.30. The zero-order valence-electron chi connectivity index (χ0n) is 27.2. The number of halogens is 30. The molecule has 2 N–H and O–H groups in total. The van der Waals surface area contributed by atoms with Gasteiger partial charge in [-0.2, -0.15) is 123 Å². The average Bonchev–Trinajstić information content (AvgIpc) is 3.85. The van der Waals surface area contributed by atoms with Crippen LogP contribution in [0.2, 0.25) is 0 Å². The third-order valence-electron chi connectivity index (χ3n) is 5.43. The molecule has 1 heterocycles. The van der Waals surface area contributed by atoms with Gasteiger partial charge in [0.2, 0.25) is 0 Å². The van der Waals surface area contributed by atoms with Crippen molar-refractivity contribution in [1.29, 1.82) is 0 Å². The molecule has 0 bridgehead atoms. The molecule has 0 radical (unpaired) electrons. The number of epoxide rings is 1. The molecular weight excluding hydrogens is 962 g/mol. The van der Waals surface area contributed by atoms with Crippen LogP contribution in [0.15, 0.2) is 0 Å². The Bertz CT molecular complexity index is 1280. The molecule has 38 heteroatoms. The lowest BCUT2D eigenvalue weighted by molar-refractivity contribution is -0.465. The number of ether oxygens (including phenoxy) is 6. The van der Waals surface area contributed by atoms with Gasteiger partial charge in [-0.25, -0.2) is 8.78 Å². The zero-order chi connectivity index (χ0) is 48.8. The predicted octanol–water partition coefficient (Wildman–Crippen LogP) is 8.55. The zero-order valence-corrected chi connectivity index (χ0v) is 27.2. The third kappa shape index (κ3) is 17.0. The second-order valence-corrected chi connectivity index (χ2v) is 10.5. The summed E-state index contributed by atoms with van der Waals surface area (Å²) in [5.41, 5.74) is 0. The fraction of sp³-hybridized carbons (Fsp3) is 1.00. The van der Waals surface area contributed by atoms with Crippen molar-refractivity contribution in [3.63, 3.8) is 0 Å². The molecule has 0 aromatic carbocycles. The van der Waals surface area contributed by atoms with Crippen LogP contribution in [0.1, 0.15) is 0 Å². The topological polar surface area (TPSA) is 99.1 Å². The number of aliphatic hydroxyl groups excluding tert-OH is 2. The standard InChI is InChI=1S/C11H9F15O4.C8H6F10O3.C3H3F5O/c12-5(30-11(25,26)8(17,18)10(22,23)24)7(15,16)29-2-4(27)1-28-3-6(13,14)9(19,20)21;9-4(5(10,11)20-2-3-1-19-3)21-8(17,18)6(12,13)7(14,15)16;4-2(5,1-9)3(6,7)8/h4-5,27H,1-3H2;3-4H,1-2H2;9H,1H2. The van der Waals surface area contributed by atoms with Gasteiger partial charge in [0.05, 0.1) is 26.4 Å². The van der Waals surface area contributed by atoms with Gasteiger partial charge in [-0.1, -0.05) is 0 Å². The van der Waals surface area contributed by atoms with E-state index in [4.69, 9.17) is 10.2 Å². The van der Waals surface area contributed by atoms with Gasteiger partial charge in [-0.3, -0.25) is 9.47 Å². The van der Waals surface area contributed by atoms with E-state index in [1.54, 1.807) is 0 Å². The van der Waals surface area contributed by atoms with Gasteiger partial charge in [-0.15, -0.1) is 0 Å². The van der Waals surface area contributed by atoms with Crippen molar-refractivity contribution >= 4 is 0 Å². The Labute approximate surface area is 309 Å². The Morgan fingerprint density at radius 2 is 0.833 bits per heavy atom. The molecule has 8 nitrogen and oxygen atoms in total. The van der Waals surface area contributed by atoms with Crippen LogP contribution in [0.4, 0.5) is 132 Å². The summed E-state index contributed by atoms with van der Waals surface area (Å²) in [6.45, 7) is -9.17. The molecule has 0 aromatic rings. The van der Waals surface area contributed by atoms with Gasteiger partial charge in [0.1, 0.15) is 25.4 Å². The summed E-state index contributed by atoms with van der Waals surface area (Å²) in [5, 5.41) is 16.4. The van der Waals surface area contributed by atoms with E-state index in [0.717, 1.165) is 0 Å². The molecule has 1 aliphatic rings. The van der Waals surface area contributed by atoms with Crippen molar-refractivity contribution < 1.29 is 170 Å². The highest BCUT2D eigenvalue weighted by Gasteiger charge is 2.77. The Morgan fingerprint density at radius 3 is 1.10 bits per heavy atom. The van der Waals surface area contributed by atoms with E-state index in [9.17, 15) is 132 Å². The minimum Gasteiger partial charge on any atom is -0.390 e.